The van der Waals surface area contributed by atoms with Gasteiger partial charge in [0.15, 0.2) is 5.65 Å². The Hall–Kier alpha value is -3.01. The molecule has 4 heterocycles. The zero-order valence-electron chi connectivity index (χ0n) is 20.5. The average Bonchev–Trinajstić information content (AvgIpc) is 2.87. The molecule has 2 aliphatic rings. The molecule has 1 aromatic carbocycles. The second-order valence-electron chi connectivity index (χ2n) is 9.44. The van der Waals surface area contributed by atoms with Crippen molar-refractivity contribution in [2.75, 3.05) is 43.2 Å². The number of rotatable bonds is 5. The second-order valence-corrected chi connectivity index (χ2v) is 9.44. The minimum Gasteiger partial charge on any atom is -0.496 e. The first-order valence-electron chi connectivity index (χ1n) is 12.2. The van der Waals surface area contributed by atoms with E-state index in [-0.39, 0.29) is 24.8 Å². The van der Waals surface area contributed by atoms with Crippen molar-refractivity contribution in [1.29, 1.82) is 0 Å². The maximum absolute atomic E-state index is 10.2. The van der Waals surface area contributed by atoms with E-state index in [4.69, 9.17) is 24.4 Å². The van der Waals surface area contributed by atoms with Crippen molar-refractivity contribution < 1.29 is 19.7 Å². The number of pyridine rings is 1. The number of piperidine rings is 1. The molecule has 2 aliphatic heterocycles. The van der Waals surface area contributed by atoms with E-state index in [2.05, 4.69) is 23.6 Å². The number of benzene rings is 1. The number of hydrogen-bond acceptors (Lipinski definition) is 9. The largest absolute Gasteiger partial charge is 0.496 e. The number of fused-ring (bicyclic) bond motifs is 1. The lowest BCUT2D eigenvalue weighted by molar-refractivity contribution is 0.0981. The molecule has 2 saturated heterocycles. The summed E-state index contributed by atoms with van der Waals surface area (Å²) in [7, 11) is 1.59. The molecular weight excluding hydrogens is 446 g/mol. The van der Waals surface area contributed by atoms with Crippen LogP contribution in [0.4, 0.5) is 11.8 Å². The third-order valence-corrected chi connectivity index (χ3v) is 7.02. The summed E-state index contributed by atoms with van der Waals surface area (Å²) in [6.45, 7) is 6.84. The lowest BCUT2D eigenvalue weighted by atomic mass is 10.0. The van der Waals surface area contributed by atoms with Gasteiger partial charge in [0.1, 0.15) is 11.6 Å². The Morgan fingerprint density at radius 2 is 1.91 bits per heavy atom. The van der Waals surface area contributed by atoms with Crippen LogP contribution in [-0.2, 0) is 11.3 Å². The van der Waals surface area contributed by atoms with E-state index >= 15 is 0 Å². The van der Waals surface area contributed by atoms with Gasteiger partial charge in [-0.1, -0.05) is 0 Å². The van der Waals surface area contributed by atoms with Gasteiger partial charge in [0.25, 0.3) is 0 Å². The van der Waals surface area contributed by atoms with E-state index in [1.165, 1.54) is 0 Å². The van der Waals surface area contributed by atoms with E-state index in [1.807, 2.05) is 30.3 Å². The fourth-order valence-electron chi connectivity index (χ4n) is 5.04. The van der Waals surface area contributed by atoms with E-state index in [0.29, 0.717) is 49.0 Å². The van der Waals surface area contributed by atoms with Crippen molar-refractivity contribution >= 4 is 22.8 Å². The molecule has 0 saturated carbocycles. The lowest BCUT2D eigenvalue weighted by Crippen LogP contribution is -2.46. The Bertz CT molecular complexity index is 1210. The van der Waals surface area contributed by atoms with Gasteiger partial charge in [-0.05, 0) is 57.0 Å². The molecule has 0 bridgehead atoms. The molecule has 3 aromatic rings. The predicted octanol–water partition coefficient (Wildman–Crippen LogP) is 2.77. The highest BCUT2D eigenvalue weighted by Gasteiger charge is 2.29. The number of methoxy groups -OCH3 is 1. The smallest absolute Gasteiger partial charge is 0.229 e. The summed E-state index contributed by atoms with van der Waals surface area (Å²) < 4.78 is 11.0. The first kappa shape index (κ1) is 23.7. The number of ether oxygens (including phenoxy) is 2. The molecule has 2 aromatic heterocycles. The average molecular weight is 480 g/mol. The van der Waals surface area contributed by atoms with Crippen LogP contribution < -0.4 is 14.5 Å². The second kappa shape index (κ2) is 9.93. The molecule has 5 rings (SSSR count). The first-order valence-corrected chi connectivity index (χ1v) is 12.2. The summed E-state index contributed by atoms with van der Waals surface area (Å²) in [5, 5.41) is 20.8. The predicted molar refractivity (Wildman–Crippen MR) is 135 cm³/mol. The fourth-order valence-corrected chi connectivity index (χ4v) is 5.04. The molecule has 2 N–H and O–H groups in total. The Morgan fingerprint density at radius 3 is 2.66 bits per heavy atom. The van der Waals surface area contributed by atoms with Crippen molar-refractivity contribution in [3.05, 3.63) is 35.9 Å². The van der Waals surface area contributed by atoms with Crippen molar-refractivity contribution in [2.45, 2.75) is 51.5 Å². The topological polar surface area (TPSA) is 104 Å². The van der Waals surface area contributed by atoms with Gasteiger partial charge in [0, 0.05) is 30.3 Å². The monoisotopic (exact) mass is 479 g/mol. The van der Waals surface area contributed by atoms with Crippen LogP contribution in [0, 0.1) is 0 Å². The zero-order valence-corrected chi connectivity index (χ0v) is 20.5. The standard InChI is InChI=1S/C26H33N5O4/c1-16-12-20(33)8-9-30(16)25-21-5-6-22(18-4-7-23(34-3)19(13-18)14-32)27-24(21)28-26(29-25)31-10-11-35-15-17(31)2/h4-7,13,16-17,20,32-33H,8-12,14-15H2,1-3H3/t16?,17-,20?/m0/s1. The van der Waals surface area contributed by atoms with Gasteiger partial charge in [-0.15, -0.1) is 0 Å². The Morgan fingerprint density at radius 1 is 1.06 bits per heavy atom. The maximum Gasteiger partial charge on any atom is 0.229 e. The summed E-state index contributed by atoms with van der Waals surface area (Å²) >= 11 is 0. The van der Waals surface area contributed by atoms with Gasteiger partial charge in [-0.25, -0.2) is 4.98 Å². The number of anilines is 2. The Kier molecular flexibility index (Phi) is 6.73. The highest BCUT2D eigenvalue weighted by atomic mass is 16.5. The molecule has 3 atom stereocenters. The van der Waals surface area contributed by atoms with Gasteiger partial charge >= 0.3 is 0 Å². The van der Waals surface area contributed by atoms with Crippen LogP contribution in [0.25, 0.3) is 22.3 Å². The molecule has 9 heteroatoms. The van der Waals surface area contributed by atoms with Gasteiger partial charge in [0.2, 0.25) is 5.95 Å². The van der Waals surface area contributed by atoms with Crippen molar-refractivity contribution in [2.24, 2.45) is 0 Å². The first-order chi connectivity index (χ1) is 17.0. The van der Waals surface area contributed by atoms with Crippen LogP contribution in [0.2, 0.25) is 0 Å². The maximum atomic E-state index is 10.2. The number of nitrogens with zero attached hydrogens (tertiary/aromatic N) is 5. The highest BCUT2D eigenvalue weighted by Crippen LogP contribution is 2.33. The van der Waals surface area contributed by atoms with E-state index < -0.39 is 0 Å². The Labute approximate surface area is 205 Å². The fraction of sp³-hybridized carbons (Fsp3) is 0.500. The van der Waals surface area contributed by atoms with Gasteiger partial charge in [-0.2, -0.15) is 9.97 Å². The minimum absolute atomic E-state index is 0.116. The minimum atomic E-state index is -0.284. The highest BCUT2D eigenvalue weighted by molar-refractivity contribution is 5.90. The van der Waals surface area contributed by atoms with Crippen LogP contribution in [0.5, 0.6) is 5.75 Å². The number of aliphatic hydroxyl groups is 2. The number of hydrogen-bond donors (Lipinski definition) is 2. The number of aliphatic hydroxyl groups excluding tert-OH is 2. The lowest BCUT2D eigenvalue weighted by Gasteiger charge is -2.38. The van der Waals surface area contributed by atoms with Gasteiger partial charge < -0.3 is 29.5 Å². The number of morpholine rings is 1. The van der Waals surface area contributed by atoms with E-state index in [1.54, 1.807) is 7.11 Å². The quantitative estimate of drug-likeness (QED) is 0.572. The van der Waals surface area contributed by atoms with Gasteiger partial charge in [-0.3, -0.25) is 0 Å². The van der Waals surface area contributed by atoms with E-state index in [0.717, 1.165) is 35.6 Å². The molecule has 0 radical (unpaired) electrons. The third-order valence-electron chi connectivity index (χ3n) is 7.02. The van der Waals surface area contributed by atoms with Crippen LogP contribution in [0.15, 0.2) is 30.3 Å². The number of aromatic nitrogens is 3. The van der Waals surface area contributed by atoms with Crippen LogP contribution in [0.3, 0.4) is 0 Å². The molecule has 35 heavy (non-hydrogen) atoms. The molecule has 0 amide bonds. The molecule has 2 fully saturated rings. The molecular formula is C26H33N5O4. The SMILES string of the molecule is COc1ccc(-c2ccc3c(N4CCC(O)CC4C)nc(N4CCOC[C@@H]4C)nc3n2)cc1CO. The van der Waals surface area contributed by atoms with Crippen LogP contribution >= 0.6 is 0 Å². The molecule has 9 nitrogen and oxygen atoms in total. The Balaban J connectivity index is 1.63. The third kappa shape index (κ3) is 4.63. The van der Waals surface area contributed by atoms with Crippen LogP contribution in [-0.4, -0.2) is 76.8 Å². The molecule has 2 unspecified atom stereocenters. The summed E-state index contributed by atoms with van der Waals surface area (Å²) in [5.41, 5.74) is 2.98. The zero-order chi connectivity index (χ0) is 24.5. The summed E-state index contributed by atoms with van der Waals surface area (Å²) in [5.74, 6) is 2.15. The molecule has 186 valence electrons. The molecule has 0 spiro atoms. The molecule has 0 aliphatic carbocycles. The van der Waals surface area contributed by atoms with Gasteiger partial charge in [0.05, 0.1) is 50.2 Å². The summed E-state index contributed by atoms with van der Waals surface area (Å²) in [4.78, 5) is 19.3. The van der Waals surface area contributed by atoms with Crippen molar-refractivity contribution in [1.82, 2.24) is 15.0 Å². The van der Waals surface area contributed by atoms with Crippen molar-refractivity contribution in [3.63, 3.8) is 0 Å². The van der Waals surface area contributed by atoms with Crippen molar-refractivity contribution in [3.8, 4) is 17.0 Å². The van der Waals surface area contributed by atoms with Crippen LogP contribution in [0.1, 0.15) is 32.3 Å². The summed E-state index contributed by atoms with van der Waals surface area (Å²) in [6, 6.07) is 9.99. The van der Waals surface area contributed by atoms with E-state index in [9.17, 15) is 10.2 Å². The normalized spacial score (nSPS) is 23.1. The summed E-state index contributed by atoms with van der Waals surface area (Å²) in [6.07, 6.45) is 1.13.